The third kappa shape index (κ3) is 2.85. The first kappa shape index (κ1) is 16.0. The second-order valence-corrected chi connectivity index (χ2v) is 7.24. The maximum Gasteiger partial charge on any atom is 0.278 e. The highest BCUT2D eigenvalue weighted by Crippen LogP contribution is 2.27. The topological polar surface area (TPSA) is 76.0 Å². The number of aromatic amines is 1. The van der Waals surface area contributed by atoms with Gasteiger partial charge in [-0.1, -0.05) is 20.8 Å². The molecule has 0 aromatic carbocycles. The molecular formula is C16H25N5O2. The zero-order valence-corrected chi connectivity index (χ0v) is 14.5. The van der Waals surface area contributed by atoms with E-state index in [4.69, 9.17) is 9.72 Å². The van der Waals surface area contributed by atoms with Gasteiger partial charge in [-0.15, -0.1) is 0 Å². The zero-order valence-electron chi connectivity index (χ0n) is 14.5. The van der Waals surface area contributed by atoms with Crippen molar-refractivity contribution in [2.75, 3.05) is 18.6 Å². The van der Waals surface area contributed by atoms with Crippen LogP contribution in [0.4, 0.5) is 5.95 Å². The lowest BCUT2D eigenvalue weighted by Gasteiger charge is -2.31. The Morgan fingerprint density at radius 2 is 2.09 bits per heavy atom. The molecule has 0 radical (unpaired) electrons. The maximum atomic E-state index is 12.5. The SMILES string of the molecule is CN(c1nc2c(C(C)(C)C)nn(C)c2c(=O)[nH]1)C1CCCCO1. The first-order valence-electron chi connectivity index (χ1n) is 8.11. The fraction of sp³-hybridized carbons (Fsp3) is 0.688. The molecule has 3 heterocycles. The molecule has 0 amide bonds. The van der Waals surface area contributed by atoms with Gasteiger partial charge in [0.2, 0.25) is 5.95 Å². The van der Waals surface area contributed by atoms with Crippen molar-refractivity contribution < 1.29 is 4.74 Å². The number of aromatic nitrogens is 4. The number of nitrogens with one attached hydrogen (secondary N) is 1. The molecule has 1 N–H and O–H groups in total. The van der Waals surface area contributed by atoms with Crippen LogP contribution < -0.4 is 10.5 Å². The summed E-state index contributed by atoms with van der Waals surface area (Å²) in [5.74, 6) is 0.535. The molecule has 7 nitrogen and oxygen atoms in total. The lowest BCUT2D eigenvalue weighted by molar-refractivity contribution is 0.0166. The van der Waals surface area contributed by atoms with Crippen LogP contribution in [-0.4, -0.2) is 39.6 Å². The normalized spacial score (nSPS) is 19.3. The predicted octanol–water partition coefficient (Wildman–Crippen LogP) is 1.92. The van der Waals surface area contributed by atoms with Crippen molar-refractivity contribution in [2.45, 2.75) is 51.7 Å². The molecule has 1 atom stereocenters. The maximum absolute atomic E-state index is 12.5. The number of rotatable bonds is 2. The Balaban J connectivity index is 2.11. The molecular weight excluding hydrogens is 294 g/mol. The number of hydrogen-bond acceptors (Lipinski definition) is 5. The van der Waals surface area contributed by atoms with Gasteiger partial charge >= 0.3 is 0 Å². The highest BCUT2D eigenvalue weighted by Gasteiger charge is 2.27. The minimum absolute atomic E-state index is 0.0425. The van der Waals surface area contributed by atoms with E-state index in [1.54, 1.807) is 11.7 Å². The molecule has 3 rings (SSSR count). The minimum atomic E-state index is -0.183. The summed E-state index contributed by atoms with van der Waals surface area (Å²) in [6, 6.07) is 0. The second-order valence-electron chi connectivity index (χ2n) is 7.24. The van der Waals surface area contributed by atoms with Crippen molar-refractivity contribution in [2.24, 2.45) is 7.05 Å². The fourth-order valence-electron chi connectivity index (χ4n) is 3.01. The Hall–Kier alpha value is -1.89. The second kappa shape index (κ2) is 5.63. The standard InChI is InChI=1S/C16H25N5O2/c1-16(2,3)13-11-12(21(5)19-13)14(22)18-15(17-11)20(4)10-8-6-7-9-23-10/h10H,6-9H2,1-5H3,(H,17,18,22). The van der Waals surface area contributed by atoms with E-state index in [0.717, 1.165) is 31.6 Å². The van der Waals surface area contributed by atoms with E-state index in [1.165, 1.54) is 0 Å². The number of anilines is 1. The molecule has 2 aromatic heterocycles. The van der Waals surface area contributed by atoms with E-state index in [0.29, 0.717) is 17.0 Å². The molecule has 1 saturated heterocycles. The Kier molecular flexibility index (Phi) is 3.91. The quantitative estimate of drug-likeness (QED) is 0.915. The Morgan fingerprint density at radius 1 is 1.35 bits per heavy atom. The van der Waals surface area contributed by atoms with Crippen LogP contribution in [0.1, 0.15) is 45.7 Å². The monoisotopic (exact) mass is 319 g/mol. The summed E-state index contributed by atoms with van der Waals surface area (Å²) < 4.78 is 7.41. The van der Waals surface area contributed by atoms with Gasteiger partial charge in [0, 0.05) is 26.1 Å². The van der Waals surface area contributed by atoms with Crippen molar-refractivity contribution >= 4 is 17.0 Å². The lowest BCUT2D eigenvalue weighted by atomic mass is 9.91. The van der Waals surface area contributed by atoms with Crippen LogP contribution in [0, 0.1) is 0 Å². The first-order valence-corrected chi connectivity index (χ1v) is 8.11. The average molecular weight is 319 g/mol. The van der Waals surface area contributed by atoms with Crippen molar-refractivity contribution in [3.05, 3.63) is 16.0 Å². The number of fused-ring (bicyclic) bond motifs is 1. The molecule has 0 aliphatic carbocycles. The molecule has 1 unspecified atom stereocenters. The van der Waals surface area contributed by atoms with Crippen LogP contribution in [0.5, 0.6) is 0 Å². The van der Waals surface area contributed by atoms with Gasteiger partial charge in [-0.3, -0.25) is 14.5 Å². The minimum Gasteiger partial charge on any atom is -0.358 e. The van der Waals surface area contributed by atoms with Gasteiger partial charge < -0.3 is 9.64 Å². The van der Waals surface area contributed by atoms with Gasteiger partial charge in [0.1, 0.15) is 11.7 Å². The van der Waals surface area contributed by atoms with Crippen LogP contribution in [0.25, 0.3) is 11.0 Å². The summed E-state index contributed by atoms with van der Waals surface area (Å²) in [6.07, 6.45) is 3.11. The van der Waals surface area contributed by atoms with Crippen molar-refractivity contribution in [1.29, 1.82) is 0 Å². The summed E-state index contributed by atoms with van der Waals surface area (Å²) in [4.78, 5) is 22.0. The Labute approximate surface area is 135 Å². The summed E-state index contributed by atoms with van der Waals surface area (Å²) in [7, 11) is 3.69. The van der Waals surface area contributed by atoms with Crippen molar-refractivity contribution in [3.63, 3.8) is 0 Å². The third-order valence-corrected chi connectivity index (χ3v) is 4.31. The van der Waals surface area contributed by atoms with E-state index in [-0.39, 0.29) is 17.2 Å². The molecule has 7 heteroatoms. The summed E-state index contributed by atoms with van der Waals surface area (Å²) in [5.41, 5.74) is 1.66. The molecule has 0 spiro atoms. The van der Waals surface area contributed by atoms with Gasteiger partial charge in [0.25, 0.3) is 5.56 Å². The number of aryl methyl sites for hydroxylation is 1. The smallest absolute Gasteiger partial charge is 0.278 e. The van der Waals surface area contributed by atoms with Gasteiger partial charge in [0.05, 0.1) is 5.69 Å². The van der Waals surface area contributed by atoms with Crippen LogP contribution in [0.15, 0.2) is 4.79 Å². The van der Waals surface area contributed by atoms with Crippen molar-refractivity contribution in [3.8, 4) is 0 Å². The van der Waals surface area contributed by atoms with Gasteiger partial charge in [0.15, 0.2) is 5.52 Å². The molecule has 0 bridgehead atoms. The molecule has 1 fully saturated rings. The fourth-order valence-corrected chi connectivity index (χ4v) is 3.01. The lowest BCUT2D eigenvalue weighted by Crippen LogP contribution is -2.38. The highest BCUT2D eigenvalue weighted by atomic mass is 16.5. The summed E-state index contributed by atoms with van der Waals surface area (Å²) in [6.45, 7) is 6.98. The third-order valence-electron chi connectivity index (χ3n) is 4.31. The predicted molar refractivity (Wildman–Crippen MR) is 89.8 cm³/mol. The van der Waals surface area contributed by atoms with E-state index < -0.39 is 0 Å². The van der Waals surface area contributed by atoms with Crippen LogP contribution in [0.3, 0.4) is 0 Å². The number of H-pyrrole nitrogens is 1. The Morgan fingerprint density at radius 3 is 2.70 bits per heavy atom. The highest BCUT2D eigenvalue weighted by molar-refractivity contribution is 5.78. The van der Waals surface area contributed by atoms with Gasteiger partial charge in [-0.05, 0) is 19.3 Å². The van der Waals surface area contributed by atoms with E-state index in [9.17, 15) is 4.79 Å². The average Bonchev–Trinajstić information content (AvgIpc) is 2.85. The van der Waals surface area contributed by atoms with E-state index >= 15 is 0 Å². The molecule has 0 saturated carbocycles. The molecule has 1 aliphatic heterocycles. The number of hydrogen-bond donors (Lipinski definition) is 1. The molecule has 126 valence electrons. The largest absolute Gasteiger partial charge is 0.358 e. The summed E-state index contributed by atoms with van der Waals surface area (Å²) >= 11 is 0. The number of nitrogens with zero attached hydrogens (tertiary/aromatic N) is 4. The summed E-state index contributed by atoms with van der Waals surface area (Å²) in [5, 5.41) is 4.52. The van der Waals surface area contributed by atoms with Gasteiger partial charge in [-0.25, -0.2) is 4.98 Å². The van der Waals surface area contributed by atoms with E-state index in [1.807, 2.05) is 11.9 Å². The van der Waals surface area contributed by atoms with Gasteiger partial charge in [-0.2, -0.15) is 5.10 Å². The number of ether oxygens (including phenoxy) is 1. The van der Waals surface area contributed by atoms with Crippen molar-refractivity contribution in [1.82, 2.24) is 19.7 Å². The molecule has 2 aromatic rings. The Bertz CT molecular complexity index is 765. The van der Waals surface area contributed by atoms with Crippen LogP contribution in [-0.2, 0) is 17.2 Å². The van der Waals surface area contributed by atoms with Crippen LogP contribution in [0.2, 0.25) is 0 Å². The molecule has 1 aliphatic rings. The first-order chi connectivity index (χ1) is 10.8. The van der Waals surface area contributed by atoms with E-state index in [2.05, 4.69) is 30.9 Å². The van der Waals surface area contributed by atoms with Crippen LogP contribution >= 0.6 is 0 Å². The zero-order chi connectivity index (χ0) is 16.8. The molecule has 23 heavy (non-hydrogen) atoms.